The van der Waals surface area contributed by atoms with E-state index in [2.05, 4.69) is 15.1 Å². The van der Waals surface area contributed by atoms with Crippen LogP contribution in [-0.2, 0) is 20.5 Å². The van der Waals surface area contributed by atoms with E-state index < -0.39 is 24.9 Å². The van der Waals surface area contributed by atoms with Crippen LogP contribution in [0.25, 0.3) is 44.5 Å². The van der Waals surface area contributed by atoms with Gasteiger partial charge in [0.2, 0.25) is 5.95 Å². The lowest BCUT2D eigenvalue weighted by Gasteiger charge is -2.14. The molecule has 6 rings (SSSR count). The molecule has 38 heavy (non-hydrogen) atoms. The molecule has 1 saturated carbocycles. The Bertz CT molecular complexity index is 1720. The number of rotatable bonds is 6. The predicted octanol–water partition coefficient (Wildman–Crippen LogP) is 4.71. The molecule has 4 aromatic heterocycles. The third-order valence-corrected chi connectivity index (χ3v) is 7.55. The largest absolute Gasteiger partial charge is 0.390 e. The maximum atomic E-state index is 15.0. The number of aromatic nitrogens is 6. The molecule has 1 aliphatic rings. The Morgan fingerprint density at radius 1 is 1.16 bits per heavy atom. The Morgan fingerprint density at radius 2 is 1.87 bits per heavy atom. The van der Waals surface area contributed by atoms with Crippen LogP contribution in [0.3, 0.4) is 0 Å². The summed E-state index contributed by atoms with van der Waals surface area (Å²) >= 11 is 0. The summed E-state index contributed by atoms with van der Waals surface area (Å²) in [7, 11) is 3.34. The Kier molecular flexibility index (Phi) is 5.71. The van der Waals surface area contributed by atoms with Crippen LogP contribution in [0.4, 0.5) is 13.2 Å². The van der Waals surface area contributed by atoms with Crippen molar-refractivity contribution in [3.8, 4) is 22.4 Å². The molecule has 0 atom stereocenters. The van der Waals surface area contributed by atoms with Crippen molar-refractivity contribution in [3.63, 3.8) is 0 Å². The van der Waals surface area contributed by atoms with Crippen LogP contribution in [0.1, 0.15) is 37.3 Å². The maximum Gasteiger partial charge on any atom is 0.329 e. The first kappa shape index (κ1) is 24.5. The Labute approximate surface area is 215 Å². The van der Waals surface area contributed by atoms with Crippen LogP contribution in [0, 0.1) is 5.95 Å². The molecule has 1 fully saturated rings. The summed E-state index contributed by atoms with van der Waals surface area (Å²) in [6.45, 7) is -1.24. The monoisotopic (exact) mass is 524 g/mol. The van der Waals surface area contributed by atoms with Gasteiger partial charge in [0.1, 0.15) is 12.3 Å². The highest BCUT2D eigenvalue weighted by atomic mass is 19.3. The molecule has 11 heteroatoms. The molecular weight excluding hydrogens is 497 g/mol. The van der Waals surface area contributed by atoms with E-state index in [4.69, 9.17) is 5.11 Å². The summed E-state index contributed by atoms with van der Waals surface area (Å²) in [5, 5.41) is 13.5. The Balaban J connectivity index is 1.66. The van der Waals surface area contributed by atoms with Gasteiger partial charge in [0.25, 0.3) is 5.92 Å². The third kappa shape index (κ3) is 3.84. The maximum absolute atomic E-state index is 15.0. The van der Waals surface area contributed by atoms with Crippen molar-refractivity contribution >= 4 is 22.1 Å². The van der Waals surface area contributed by atoms with E-state index in [0.717, 1.165) is 25.7 Å². The van der Waals surface area contributed by atoms with Gasteiger partial charge in [-0.3, -0.25) is 13.8 Å². The molecule has 0 unspecified atom stereocenters. The zero-order valence-corrected chi connectivity index (χ0v) is 21.0. The lowest BCUT2D eigenvalue weighted by atomic mass is 9.97. The van der Waals surface area contributed by atoms with Crippen LogP contribution in [0.15, 0.2) is 41.5 Å². The summed E-state index contributed by atoms with van der Waals surface area (Å²) in [4.78, 5) is 21.3. The van der Waals surface area contributed by atoms with Crippen molar-refractivity contribution in [3.05, 3.63) is 58.7 Å². The quantitative estimate of drug-likeness (QED) is 0.337. The van der Waals surface area contributed by atoms with Crippen molar-refractivity contribution in [2.24, 2.45) is 14.1 Å². The number of hydrogen-bond donors (Lipinski definition) is 2. The first-order valence-electron chi connectivity index (χ1n) is 12.6. The molecule has 2 N–H and O–H groups in total. The van der Waals surface area contributed by atoms with Gasteiger partial charge >= 0.3 is 5.69 Å². The van der Waals surface area contributed by atoms with E-state index in [-0.39, 0.29) is 17.3 Å². The lowest BCUT2D eigenvalue weighted by Crippen LogP contribution is -2.24. The van der Waals surface area contributed by atoms with Gasteiger partial charge in [0.15, 0.2) is 0 Å². The Morgan fingerprint density at radius 3 is 2.50 bits per heavy atom. The fraction of sp³-hybridized carbons (Fsp3) is 0.370. The van der Waals surface area contributed by atoms with Crippen LogP contribution in [0.2, 0.25) is 0 Å². The molecule has 0 aliphatic heterocycles. The number of alkyl halides is 2. The van der Waals surface area contributed by atoms with Gasteiger partial charge in [-0.25, -0.2) is 18.6 Å². The van der Waals surface area contributed by atoms with Crippen LogP contribution in [0.5, 0.6) is 0 Å². The molecule has 0 saturated heterocycles. The van der Waals surface area contributed by atoms with Crippen molar-refractivity contribution in [2.75, 3.05) is 6.61 Å². The van der Waals surface area contributed by atoms with Gasteiger partial charge < -0.3 is 10.1 Å². The molecule has 0 spiro atoms. The number of hydrogen-bond acceptors (Lipinski definition) is 4. The van der Waals surface area contributed by atoms with Gasteiger partial charge in [-0.2, -0.15) is 4.39 Å². The molecular formula is C27H27F3N6O2. The number of pyridine rings is 1. The molecule has 1 aliphatic carbocycles. The van der Waals surface area contributed by atoms with Gasteiger partial charge in [-0.15, -0.1) is 5.10 Å². The molecule has 0 bridgehead atoms. The fourth-order valence-electron chi connectivity index (χ4n) is 5.74. The lowest BCUT2D eigenvalue weighted by molar-refractivity contribution is -0.0488. The summed E-state index contributed by atoms with van der Waals surface area (Å²) in [5.74, 6) is -3.90. The highest BCUT2D eigenvalue weighted by molar-refractivity contribution is 6.14. The zero-order valence-electron chi connectivity index (χ0n) is 21.0. The highest BCUT2D eigenvalue weighted by Gasteiger charge is 2.30. The number of benzene rings is 1. The number of nitrogens with zero attached hydrogens (tertiary/aromatic N) is 5. The second kappa shape index (κ2) is 8.87. The predicted molar refractivity (Wildman–Crippen MR) is 138 cm³/mol. The second-order valence-corrected chi connectivity index (χ2v) is 10.1. The van der Waals surface area contributed by atoms with Gasteiger partial charge in [0, 0.05) is 38.3 Å². The summed E-state index contributed by atoms with van der Waals surface area (Å²) in [6.07, 6.45) is 6.45. The number of nitrogens with one attached hydrogen (secondary N) is 1. The summed E-state index contributed by atoms with van der Waals surface area (Å²) in [5.41, 5.74) is 4.01. The minimum Gasteiger partial charge on any atom is -0.390 e. The first-order chi connectivity index (χ1) is 18.2. The molecule has 1 aromatic carbocycles. The number of fused-ring (bicyclic) bond motifs is 3. The van der Waals surface area contributed by atoms with Crippen molar-refractivity contribution < 1.29 is 18.3 Å². The summed E-state index contributed by atoms with van der Waals surface area (Å²) in [6, 6.07) is 6.58. The van der Waals surface area contributed by atoms with E-state index in [1.54, 1.807) is 55.3 Å². The summed E-state index contributed by atoms with van der Waals surface area (Å²) < 4.78 is 47.4. The minimum atomic E-state index is -3.23. The number of aryl methyl sites for hydroxylation is 2. The Hall–Kier alpha value is -3.86. The topological polar surface area (TPSA) is 93.7 Å². The number of H-pyrrole nitrogens is 1. The van der Waals surface area contributed by atoms with Crippen LogP contribution in [-0.4, -0.2) is 46.5 Å². The average molecular weight is 525 g/mol. The van der Waals surface area contributed by atoms with Crippen molar-refractivity contribution in [2.45, 2.75) is 44.1 Å². The smallest absolute Gasteiger partial charge is 0.329 e. The standard InChI is InChI=1S/C27H27F3N6O2/c1-34-13-18(24(28)33-34)22-20(16-9-7-15(8-10-16)11-27(29,30)14-37)21-23-19(12-31-25(21)32-22)35(2)26(38)36(23)17-5-3-4-6-17/h7-10,12-13,17,37H,3-6,11,14H2,1-2H3,(H,31,32). The van der Waals surface area contributed by atoms with Gasteiger partial charge in [-0.1, -0.05) is 37.1 Å². The van der Waals surface area contributed by atoms with Crippen molar-refractivity contribution in [1.29, 1.82) is 0 Å². The normalized spacial score (nSPS) is 14.9. The molecule has 0 radical (unpaired) electrons. The number of aliphatic hydroxyl groups is 1. The number of aliphatic hydroxyl groups excluding tert-OH is 1. The van der Waals surface area contributed by atoms with Gasteiger partial charge in [-0.05, 0) is 24.0 Å². The first-order valence-corrected chi connectivity index (χ1v) is 12.6. The van der Waals surface area contributed by atoms with E-state index in [1.807, 2.05) is 4.57 Å². The van der Waals surface area contributed by atoms with E-state index in [9.17, 15) is 18.0 Å². The second-order valence-electron chi connectivity index (χ2n) is 10.1. The SMILES string of the molecule is Cn1cc(-c2[nH]c3ncc4c(c3c2-c2ccc(CC(F)(F)CO)cc2)n(C2CCCC2)c(=O)n4C)c(F)n1. The molecule has 8 nitrogen and oxygen atoms in total. The van der Waals surface area contributed by atoms with E-state index >= 15 is 0 Å². The molecule has 5 aromatic rings. The van der Waals surface area contributed by atoms with E-state index in [0.29, 0.717) is 44.5 Å². The number of imidazole rings is 1. The zero-order chi connectivity index (χ0) is 26.8. The van der Waals surface area contributed by atoms with E-state index in [1.165, 1.54) is 4.68 Å². The molecule has 0 amide bonds. The fourth-order valence-corrected chi connectivity index (χ4v) is 5.74. The highest BCUT2D eigenvalue weighted by Crippen LogP contribution is 2.43. The van der Waals surface area contributed by atoms with Gasteiger partial charge in [0.05, 0.1) is 33.9 Å². The average Bonchev–Trinajstić information content (AvgIpc) is 3.66. The third-order valence-electron chi connectivity index (χ3n) is 7.55. The molecule has 4 heterocycles. The van der Waals surface area contributed by atoms with Crippen molar-refractivity contribution in [1.82, 2.24) is 28.9 Å². The van der Waals surface area contributed by atoms with Crippen LogP contribution < -0.4 is 5.69 Å². The molecule has 198 valence electrons. The minimum absolute atomic E-state index is 0.0428. The number of aromatic amines is 1. The van der Waals surface area contributed by atoms with Crippen LogP contribution >= 0.6 is 0 Å². The number of halogens is 3.